The Morgan fingerprint density at radius 2 is 1.78 bits per heavy atom. The van der Waals surface area contributed by atoms with Crippen molar-refractivity contribution >= 4 is 29.4 Å². The molecule has 3 rings (SSSR count). The Morgan fingerprint density at radius 3 is 2.48 bits per heavy atom. The van der Waals surface area contributed by atoms with E-state index < -0.39 is 0 Å². The average molecular weight is 335 g/mol. The van der Waals surface area contributed by atoms with Gasteiger partial charge in [-0.3, -0.25) is 9.78 Å². The van der Waals surface area contributed by atoms with Gasteiger partial charge in [0.15, 0.2) is 17.0 Å². The van der Waals surface area contributed by atoms with E-state index in [0.717, 1.165) is 5.56 Å². The number of ether oxygens (including phenoxy) is 2. The Hall–Kier alpha value is -2.80. The van der Waals surface area contributed by atoms with Crippen molar-refractivity contribution < 1.29 is 9.47 Å². The lowest BCUT2D eigenvalue weighted by Crippen LogP contribution is -2.12. The number of methoxy groups -OCH3 is 2. The molecule has 0 aliphatic rings. The number of nitrogens with two attached hydrogens (primary N) is 1. The van der Waals surface area contributed by atoms with Gasteiger partial charge in [-0.25, -0.2) is 9.97 Å². The van der Waals surface area contributed by atoms with Gasteiger partial charge in [-0.15, -0.1) is 12.4 Å². The maximum absolute atomic E-state index is 11.9. The van der Waals surface area contributed by atoms with Crippen LogP contribution in [0.4, 0.5) is 5.95 Å². The Morgan fingerprint density at radius 1 is 1.04 bits per heavy atom. The summed E-state index contributed by atoms with van der Waals surface area (Å²) in [5, 5.41) is 0. The molecule has 0 saturated carbocycles. The highest BCUT2D eigenvalue weighted by atomic mass is 35.5. The van der Waals surface area contributed by atoms with E-state index in [1.165, 1.54) is 0 Å². The SMILES string of the molecule is COc1ccc(-c2ccc3nc(N)[nH]c(=O)c3n2)cc1OC.Cl. The van der Waals surface area contributed by atoms with E-state index in [4.69, 9.17) is 15.2 Å². The van der Waals surface area contributed by atoms with E-state index in [-0.39, 0.29) is 29.4 Å². The third-order valence-corrected chi connectivity index (χ3v) is 3.25. The molecule has 0 radical (unpaired) electrons. The van der Waals surface area contributed by atoms with Crippen LogP contribution in [0.5, 0.6) is 11.5 Å². The summed E-state index contributed by atoms with van der Waals surface area (Å²) in [7, 11) is 3.13. The molecule has 2 aromatic heterocycles. The van der Waals surface area contributed by atoms with E-state index >= 15 is 0 Å². The number of aromatic amines is 1. The van der Waals surface area contributed by atoms with Gasteiger partial charge in [0.25, 0.3) is 5.56 Å². The van der Waals surface area contributed by atoms with Crippen molar-refractivity contribution in [2.24, 2.45) is 0 Å². The highest BCUT2D eigenvalue weighted by Gasteiger charge is 2.10. The predicted octanol–water partition coefficient (Wildman–Crippen LogP) is 2.01. The van der Waals surface area contributed by atoms with E-state index in [1.807, 2.05) is 6.07 Å². The number of aromatic nitrogens is 3. The van der Waals surface area contributed by atoms with Crippen LogP contribution in [0.2, 0.25) is 0 Å². The molecule has 23 heavy (non-hydrogen) atoms. The molecule has 3 N–H and O–H groups in total. The summed E-state index contributed by atoms with van der Waals surface area (Å²) in [4.78, 5) is 22.8. The minimum atomic E-state index is -0.371. The fraction of sp³-hybridized carbons (Fsp3) is 0.133. The zero-order valence-electron chi connectivity index (χ0n) is 12.5. The molecule has 0 atom stereocenters. The van der Waals surface area contributed by atoms with Gasteiger partial charge in [-0.05, 0) is 30.3 Å². The Labute approximate surface area is 137 Å². The number of anilines is 1. The molecule has 7 nitrogen and oxygen atoms in total. The average Bonchev–Trinajstić information content (AvgIpc) is 2.53. The second kappa shape index (κ2) is 6.53. The van der Waals surface area contributed by atoms with Crippen molar-refractivity contribution in [2.45, 2.75) is 0 Å². The standard InChI is InChI=1S/C15H14N4O3.ClH/c1-21-11-6-3-8(7-12(11)22-2)9-4-5-10-13(17-9)14(20)19-15(16)18-10;/h3-7H,1-2H3,(H3,16,18,19,20);1H. The van der Waals surface area contributed by atoms with Crippen LogP contribution in [0.25, 0.3) is 22.3 Å². The first-order valence-electron chi connectivity index (χ1n) is 6.51. The molecule has 0 aliphatic heterocycles. The van der Waals surface area contributed by atoms with Crippen LogP contribution in [0.15, 0.2) is 35.1 Å². The van der Waals surface area contributed by atoms with Crippen LogP contribution in [0.1, 0.15) is 0 Å². The lowest BCUT2D eigenvalue weighted by Gasteiger charge is -2.09. The molecule has 0 bridgehead atoms. The molecule has 2 heterocycles. The summed E-state index contributed by atoms with van der Waals surface area (Å²) < 4.78 is 10.5. The number of pyridine rings is 1. The second-order valence-electron chi connectivity index (χ2n) is 4.59. The van der Waals surface area contributed by atoms with Crippen molar-refractivity contribution in [1.82, 2.24) is 15.0 Å². The number of hydrogen-bond donors (Lipinski definition) is 2. The monoisotopic (exact) mass is 334 g/mol. The quantitative estimate of drug-likeness (QED) is 0.759. The second-order valence-corrected chi connectivity index (χ2v) is 4.59. The first-order chi connectivity index (χ1) is 10.6. The number of hydrogen-bond acceptors (Lipinski definition) is 6. The molecular weight excluding hydrogens is 320 g/mol. The third-order valence-electron chi connectivity index (χ3n) is 3.25. The number of fused-ring (bicyclic) bond motifs is 1. The number of nitrogens with zero attached hydrogens (tertiary/aromatic N) is 2. The maximum Gasteiger partial charge on any atom is 0.278 e. The van der Waals surface area contributed by atoms with Crippen LogP contribution in [0.3, 0.4) is 0 Å². The first-order valence-corrected chi connectivity index (χ1v) is 6.51. The maximum atomic E-state index is 11.9. The molecule has 0 spiro atoms. The molecule has 0 saturated heterocycles. The van der Waals surface area contributed by atoms with Gasteiger partial charge in [0.1, 0.15) is 0 Å². The van der Waals surface area contributed by atoms with Crippen molar-refractivity contribution in [1.29, 1.82) is 0 Å². The minimum Gasteiger partial charge on any atom is -0.493 e. The number of rotatable bonds is 3. The topological polar surface area (TPSA) is 103 Å². The fourth-order valence-corrected chi connectivity index (χ4v) is 2.20. The summed E-state index contributed by atoms with van der Waals surface area (Å²) in [6.07, 6.45) is 0. The van der Waals surface area contributed by atoms with Gasteiger partial charge in [0.2, 0.25) is 5.95 Å². The summed E-state index contributed by atoms with van der Waals surface area (Å²) >= 11 is 0. The highest BCUT2D eigenvalue weighted by molar-refractivity contribution is 5.85. The number of nitrogens with one attached hydrogen (secondary N) is 1. The van der Waals surface area contributed by atoms with Crippen LogP contribution in [0, 0.1) is 0 Å². The van der Waals surface area contributed by atoms with Gasteiger partial charge in [-0.2, -0.15) is 0 Å². The summed E-state index contributed by atoms with van der Waals surface area (Å²) in [5.41, 5.74) is 7.27. The highest BCUT2D eigenvalue weighted by Crippen LogP contribution is 2.31. The van der Waals surface area contributed by atoms with Crippen LogP contribution < -0.4 is 20.8 Å². The fourth-order valence-electron chi connectivity index (χ4n) is 2.20. The van der Waals surface area contributed by atoms with E-state index in [9.17, 15) is 4.79 Å². The largest absolute Gasteiger partial charge is 0.493 e. The molecule has 120 valence electrons. The van der Waals surface area contributed by atoms with Crippen molar-refractivity contribution in [3.8, 4) is 22.8 Å². The number of nitrogen functional groups attached to an aromatic ring is 1. The van der Waals surface area contributed by atoms with Crippen LogP contribution >= 0.6 is 12.4 Å². The molecule has 0 amide bonds. The zero-order chi connectivity index (χ0) is 15.7. The number of benzene rings is 1. The van der Waals surface area contributed by atoms with Crippen molar-refractivity contribution in [3.63, 3.8) is 0 Å². The molecular formula is C15H15ClN4O3. The molecule has 3 aromatic rings. The van der Waals surface area contributed by atoms with Gasteiger partial charge in [0.05, 0.1) is 25.4 Å². The summed E-state index contributed by atoms with van der Waals surface area (Å²) in [6, 6.07) is 8.90. The zero-order valence-corrected chi connectivity index (χ0v) is 13.3. The smallest absolute Gasteiger partial charge is 0.278 e. The lowest BCUT2D eigenvalue weighted by atomic mass is 10.1. The molecule has 1 aromatic carbocycles. The summed E-state index contributed by atoms with van der Waals surface area (Å²) in [6.45, 7) is 0. The van der Waals surface area contributed by atoms with Gasteiger partial charge >= 0.3 is 0 Å². The minimum absolute atomic E-state index is 0. The first kappa shape index (κ1) is 16.6. The van der Waals surface area contributed by atoms with Crippen molar-refractivity contribution in [3.05, 3.63) is 40.7 Å². The molecule has 0 aliphatic carbocycles. The van der Waals surface area contributed by atoms with Crippen LogP contribution in [-0.2, 0) is 0 Å². The lowest BCUT2D eigenvalue weighted by molar-refractivity contribution is 0.355. The Bertz CT molecular complexity index is 911. The molecule has 0 fully saturated rings. The van der Waals surface area contributed by atoms with Gasteiger partial charge < -0.3 is 15.2 Å². The van der Waals surface area contributed by atoms with E-state index in [0.29, 0.717) is 22.7 Å². The van der Waals surface area contributed by atoms with E-state index in [2.05, 4.69) is 15.0 Å². The van der Waals surface area contributed by atoms with Crippen LogP contribution in [-0.4, -0.2) is 29.2 Å². The van der Waals surface area contributed by atoms with Gasteiger partial charge in [-0.1, -0.05) is 0 Å². The summed E-state index contributed by atoms with van der Waals surface area (Å²) in [5.74, 6) is 1.28. The Kier molecular flexibility index (Phi) is 4.71. The molecule has 8 heteroatoms. The van der Waals surface area contributed by atoms with E-state index in [1.54, 1.807) is 38.5 Å². The number of H-pyrrole nitrogens is 1. The Balaban J connectivity index is 0.00000192. The predicted molar refractivity (Wildman–Crippen MR) is 90.4 cm³/mol. The third kappa shape index (κ3) is 3.04. The van der Waals surface area contributed by atoms with Gasteiger partial charge in [0, 0.05) is 5.56 Å². The molecule has 0 unspecified atom stereocenters. The normalized spacial score (nSPS) is 10.2. The van der Waals surface area contributed by atoms with Crippen molar-refractivity contribution in [2.75, 3.05) is 20.0 Å². The number of halogens is 1.